The number of methoxy groups -OCH3 is 2. The second-order valence-electron chi connectivity index (χ2n) is 8.88. The van der Waals surface area contributed by atoms with Gasteiger partial charge in [0.15, 0.2) is 0 Å². The Hall–Kier alpha value is -4.36. The number of hydrogen-bond acceptors (Lipinski definition) is 6. The summed E-state index contributed by atoms with van der Waals surface area (Å²) in [6.45, 7) is 0. The highest BCUT2D eigenvalue weighted by molar-refractivity contribution is 6.12. The van der Waals surface area contributed by atoms with E-state index >= 15 is 0 Å². The molecule has 0 saturated heterocycles. The van der Waals surface area contributed by atoms with E-state index in [1.54, 1.807) is 18.2 Å². The normalized spacial score (nSPS) is 20.4. The maximum atomic E-state index is 13.6. The van der Waals surface area contributed by atoms with Crippen molar-refractivity contribution in [1.82, 2.24) is 0 Å². The number of benzene rings is 3. The number of esters is 1. The van der Waals surface area contributed by atoms with Gasteiger partial charge < -0.3 is 24.8 Å². The minimum atomic E-state index is -1.21. The first-order chi connectivity index (χ1) is 18.1. The van der Waals surface area contributed by atoms with Crippen LogP contribution in [0.3, 0.4) is 0 Å². The van der Waals surface area contributed by atoms with E-state index in [9.17, 15) is 9.59 Å². The molecule has 3 atom stereocenters. The number of rotatable bonds is 9. The maximum Gasteiger partial charge on any atom is 0.337 e. The van der Waals surface area contributed by atoms with Crippen molar-refractivity contribution in [2.45, 2.75) is 24.2 Å². The molecule has 2 bridgehead atoms. The molecule has 0 aromatic heterocycles. The van der Waals surface area contributed by atoms with Crippen molar-refractivity contribution in [1.29, 1.82) is 0 Å². The van der Waals surface area contributed by atoms with Crippen molar-refractivity contribution in [3.8, 4) is 5.75 Å². The second kappa shape index (κ2) is 10.3. The van der Waals surface area contributed by atoms with Crippen LogP contribution in [0, 0.1) is 0 Å². The van der Waals surface area contributed by atoms with Gasteiger partial charge in [-0.1, -0.05) is 66.7 Å². The van der Waals surface area contributed by atoms with Gasteiger partial charge in [0.2, 0.25) is 0 Å². The van der Waals surface area contributed by atoms with Crippen molar-refractivity contribution in [2.24, 2.45) is 0 Å². The third-order valence-electron chi connectivity index (χ3n) is 6.69. The Morgan fingerprint density at radius 2 is 1.62 bits per heavy atom. The largest absolute Gasteiger partial charge is 0.495 e. The fourth-order valence-electron chi connectivity index (χ4n) is 4.99. The van der Waals surface area contributed by atoms with Gasteiger partial charge in [-0.2, -0.15) is 0 Å². The number of carbonyl (C=O) groups is 2. The highest BCUT2D eigenvalue weighted by Gasteiger charge is 2.58. The van der Waals surface area contributed by atoms with Gasteiger partial charge in [-0.05, 0) is 42.3 Å². The summed E-state index contributed by atoms with van der Waals surface area (Å²) in [6, 6.07) is 26.4. The van der Waals surface area contributed by atoms with E-state index in [1.807, 2.05) is 78.9 Å². The zero-order valence-electron chi connectivity index (χ0n) is 20.6. The van der Waals surface area contributed by atoms with Crippen LogP contribution in [0.1, 0.15) is 5.56 Å². The average Bonchev–Trinajstić information content (AvgIpc) is 3.52. The molecule has 2 N–H and O–H groups in total. The molecule has 0 radical (unpaired) electrons. The van der Waals surface area contributed by atoms with Gasteiger partial charge in [0.05, 0.1) is 37.1 Å². The van der Waals surface area contributed by atoms with Crippen LogP contribution in [0.15, 0.2) is 108 Å². The Bertz CT molecular complexity index is 1310. The SMILES string of the molecule is COC(=O)C1=C(C(=O)Nc2ccccc2OC)C2C=CC1(C(Cc1ccccc1)Nc1ccccc1)O2. The zero-order chi connectivity index (χ0) is 25.8. The lowest BCUT2D eigenvalue weighted by Gasteiger charge is -2.36. The lowest BCUT2D eigenvalue weighted by Crippen LogP contribution is -2.49. The van der Waals surface area contributed by atoms with Crippen molar-refractivity contribution in [3.05, 3.63) is 114 Å². The van der Waals surface area contributed by atoms with Crippen LogP contribution >= 0.6 is 0 Å². The molecule has 7 nitrogen and oxygen atoms in total. The summed E-state index contributed by atoms with van der Waals surface area (Å²) in [5.41, 5.74) is 1.64. The highest BCUT2D eigenvalue weighted by Crippen LogP contribution is 2.47. The van der Waals surface area contributed by atoms with Crippen LogP contribution in [-0.2, 0) is 25.5 Å². The first-order valence-electron chi connectivity index (χ1n) is 12.1. The van der Waals surface area contributed by atoms with Crippen molar-refractivity contribution >= 4 is 23.3 Å². The van der Waals surface area contributed by atoms with Crippen LogP contribution in [-0.4, -0.2) is 43.8 Å². The molecular weight excluding hydrogens is 468 g/mol. The Kier molecular flexibility index (Phi) is 6.79. The first-order valence-corrected chi connectivity index (χ1v) is 12.1. The molecule has 0 fully saturated rings. The van der Waals surface area contributed by atoms with E-state index < -0.39 is 29.6 Å². The van der Waals surface area contributed by atoms with Gasteiger partial charge in [-0.15, -0.1) is 0 Å². The molecule has 5 rings (SSSR count). The standard InChI is InChI=1S/C30H28N2O5/c1-35-23-16-10-9-15-22(23)32-28(33)26-24-17-18-30(37-24,27(26)29(34)36-2)25(19-20-11-5-3-6-12-20)31-21-13-7-4-8-14-21/h3-18,24-25,31H,19H2,1-2H3,(H,32,33). The summed E-state index contributed by atoms with van der Waals surface area (Å²) in [4.78, 5) is 26.9. The Morgan fingerprint density at radius 1 is 0.946 bits per heavy atom. The summed E-state index contributed by atoms with van der Waals surface area (Å²) in [7, 11) is 2.84. The highest BCUT2D eigenvalue weighted by atomic mass is 16.5. The molecule has 3 aromatic rings. The monoisotopic (exact) mass is 496 g/mol. The third kappa shape index (κ3) is 4.61. The Morgan fingerprint density at radius 3 is 2.32 bits per heavy atom. The van der Waals surface area contributed by atoms with E-state index in [1.165, 1.54) is 14.2 Å². The molecule has 7 heteroatoms. The topological polar surface area (TPSA) is 85.9 Å². The number of para-hydroxylation sites is 3. The molecule has 0 spiro atoms. The molecule has 0 saturated carbocycles. The Balaban J connectivity index is 1.57. The van der Waals surface area contributed by atoms with Crippen molar-refractivity contribution in [2.75, 3.05) is 24.9 Å². The van der Waals surface area contributed by atoms with Crippen LogP contribution in [0.2, 0.25) is 0 Å². The minimum Gasteiger partial charge on any atom is -0.495 e. The predicted octanol–water partition coefficient (Wildman–Crippen LogP) is 4.53. The molecule has 188 valence electrons. The summed E-state index contributed by atoms with van der Waals surface area (Å²) in [5.74, 6) is -0.539. The molecule has 3 aromatic carbocycles. The number of ether oxygens (including phenoxy) is 3. The van der Waals surface area contributed by atoms with Crippen LogP contribution in [0.5, 0.6) is 5.75 Å². The third-order valence-corrected chi connectivity index (χ3v) is 6.69. The van der Waals surface area contributed by atoms with Crippen LogP contribution in [0.4, 0.5) is 11.4 Å². The van der Waals surface area contributed by atoms with E-state index in [4.69, 9.17) is 14.2 Å². The predicted molar refractivity (Wildman–Crippen MR) is 141 cm³/mol. The first kappa shape index (κ1) is 24.3. The number of carbonyl (C=O) groups excluding carboxylic acids is 2. The lowest BCUT2D eigenvalue weighted by molar-refractivity contribution is -0.138. The molecule has 3 unspecified atom stereocenters. The summed E-state index contributed by atoms with van der Waals surface area (Å²) >= 11 is 0. The molecule has 0 aliphatic carbocycles. The van der Waals surface area contributed by atoms with Crippen molar-refractivity contribution in [3.63, 3.8) is 0 Å². The van der Waals surface area contributed by atoms with Gasteiger partial charge in [0.25, 0.3) is 5.91 Å². The van der Waals surface area contributed by atoms with Crippen LogP contribution < -0.4 is 15.4 Å². The van der Waals surface area contributed by atoms with Crippen LogP contribution in [0.25, 0.3) is 0 Å². The van der Waals surface area contributed by atoms with E-state index in [-0.39, 0.29) is 11.1 Å². The summed E-state index contributed by atoms with van der Waals surface area (Å²) in [6.07, 6.45) is 3.54. The molecule has 2 aliphatic heterocycles. The van der Waals surface area contributed by atoms with E-state index in [2.05, 4.69) is 10.6 Å². The van der Waals surface area contributed by atoms with Gasteiger partial charge >= 0.3 is 5.97 Å². The van der Waals surface area contributed by atoms with Crippen molar-refractivity contribution < 1.29 is 23.8 Å². The number of fused-ring (bicyclic) bond motifs is 2. The minimum absolute atomic E-state index is 0.194. The maximum absolute atomic E-state index is 13.6. The lowest BCUT2D eigenvalue weighted by atomic mass is 9.78. The number of amides is 1. The fraction of sp³-hybridized carbons (Fsp3) is 0.200. The van der Waals surface area contributed by atoms with Gasteiger partial charge in [-0.25, -0.2) is 4.79 Å². The smallest absolute Gasteiger partial charge is 0.337 e. The molecule has 2 aliphatic rings. The van der Waals surface area contributed by atoms with Gasteiger partial charge in [-0.3, -0.25) is 4.79 Å². The fourth-order valence-corrected chi connectivity index (χ4v) is 4.99. The second-order valence-corrected chi connectivity index (χ2v) is 8.88. The number of nitrogens with one attached hydrogen (secondary N) is 2. The quantitative estimate of drug-likeness (QED) is 0.334. The molecule has 1 amide bonds. The Labute approximate surface area is 215 Å². The summed E-state index contributed by atoms with van der Waals surface area (Å²) < 4.78 is 17.1. The van der Waals surface area contributed by atoms with Gasteiger partial charge in [0, 0.05) is 5.69 Å². The summed E-state index contributed by atoms with van der Waals surface area (Å²) in [5, 5.41) is 6.44. The number of anilines is 2. The number of hydrogen-bond donors (Lipinski definition) is 2. The average molecular weight is 497 g/mol. The molecule has 2 heterocycles. The van der Waals surface area contributed by atoms with E-state index in [0.717, 1.165) is 11.3 Å². The van der Waals surface area contributed by atoms with Gasteiger partial charge in [0.1, 0.15) is 17.5 Å². The molecular formula is C30H28N2O5. The molecule has 37 heavy (non-hydrogen) atoms. The zero-order valence-corrected chi connectivity index (χ0v) is 20.6. The van der Waals surface area contributed by atoms with E-state index in [0.29, 0.717) is 17.9 Å².